The van der Waals surface area contributed by atoms with Crippen molar-refractivity contribution in [3.8, 4) is 0 Å². The molecule has 0 aliphatic carbocycles. The number of carboxylic acid groups (broad SMARTS) is 1. The minimum Gasteiger partial charge on any atom is -0.481 e. The Labute approximate surface area is 131 Å². The van der Waals surface area contributed by atoms with E-state index in [9.17, 15) is 9.90 Å². The summed E-state index contributed by atoms with van der Waals surface area (Å²) in [4.78, 5) is 13.7. The molecule has 3 unspecified atom stereocenters. The van der Waals surface area contributed by atoms with Crippen molar-refractivity contribution in [3.63, 3.8) is 0 Å². The first kappa shape index (κ1) is 15.0. The normalized spacial score (nSPS) is 24.3. The molecule has 3 nitrogen and oxygen atoms in total. The minimum atomic E-state index is -0.665. The van der Waals surface area contributed by atoms with Crippen molar-refractivity contribution < 1.29 is 9.90 Å². The zero-order valence-corrected chi connectivity index (χ0v) is 13.2. The molecule has 1 aliphatic heterocycles. The Morgan fingerprint density at radius 2 is 1.91 bits per heavy atom. The SMILES string of the molecule is CC1CC(C(=O)O)CN(C(C)c2ccc3ccccc3c2)C1. The van der Waals surface area contributed by atoms with Gasteiger partial charge in [0.2, 0.25) is 0 Å². The second kappa shape index (κ2) is 6.09. The standard InChI is InChI=1S/C19H23NO2/c1-13-9-18(19(21)22)12-20(11-13)14(2)16-8-7-15-5-3-4-6-17(15)10-16/h3-8,10,13-14,18H,9,11-12H2,1-2H3,(H,21,22). The molecule has 2 aromatic rings. The van der Waals surface area contributed by atoms with Gasteiger partial charge in [-0.15, -0.1) is 0 Å². The Morgan fingerprint density at radius 1 is 1.18 bits per heavy atom. The van der Waals surface area contributed by atoms with Crippen LogP contribution in [0.3, 0.4) is 0 Å². The highest BCUT2D eigenvalue weighted by Gasteiger charge is 2.31. The van der Waals surface area contributed by atoms with E-state index in [2.05, 4.69) is 61.2 Å². The van der Waals surface area contributed by atoms with Crippen LogP contribution in [0.4, 0.5) is 0 Å². The quantitative estimate of drug-likeness (QED) is 0.932. The summed E-state index contributed by atoms with van der Waals surface area (Å²) >= 11 is 0. The van der Waals surface area contributed by atoms with E-state index in [4.69, 9.17) is 0 Å². The number of aliphatic carboxylic acids is 1. The topological polar surface area (TPSA) is 40.5 Å². The molecule has 1 saturated heterocycles. The lowest BCUT2D eigenvalue weighted by atomic mass is 9.88. The number of hydrogen-bond donors (Lipinski definition) is 1. The van der Waals surface area contributed by atoms with E-state index in [0.717, 1.165) is 13.0 Å². The lowest BCUT2D eigenvalue weighted by Gasteiger charge is -2.38. The summed E-state index contributed by atoms with van der Waals surface area (Å²) in [6.45, 7) is 5.95. The van der Waals surface area contributed by atoms with Crippen molar-refractivity contribution in [2.75, 3.05) is 13.1 Å². The molecule has 1 N–H and O–H groups in total. The van der Waals surface area contributed by atoms with Crippen LogP contribution < -0.4 is 0 Å². The van der Waals surface area contributed by atoms with Crippen LogP contribution in [0.1, 0.15) is 31.9 Å². The molecule has 0 spiro atoms. The van der Waals surface area contributed by atoms with E-state index in [0.29, 0.717) is 12.5 Å². The van der Waals surface area contributed by atoms with Gasteiger partial charge in [-0.05, 0) is 41.7 Å². The van der Waals surface area contributed by atoms with Crippen molar-refractivity contribution >= 4 is 16.7 Å². The minimum absolute atomic E-state index is 0.244. The average molecular weight is 297 g/mol. The molecule has 116 valence electrons. The van der Waals surface area contributed by atoms with E-state index >= 15 is 0 Å². The van der Waals surface area contributed by atoms with Crippen LogP contribution in [0.2, 0.25) is 0 Å². The number of carboxylic acids is 1. The number of hydrogen-bond acceptors (Lipinski definition) is 2. The zero-order chi connectivity index (χ0) is 15.7. The highest BCUT2D eigenvalue weighted by atomic mass is 16.4. The summed E-state index contributed by atoms with van der Waals surface area (Å²) in [6.07, 6.45) is 0.788. The molecule has 0 bridgehead atoms. The fourth-order valence-electron chi connectivity index (χ4n) is 3.57. The Kier molecular flexibility index (Phi) is 4.16. The number of likely N-dealkylation sites (tertiary alicyclic amines) is 1. The molecule has 0 aromatic heterocycles. The van der Waals surface area contributed by atoms with E-state index in [-0.39, 0.29) is 12.0 Å². The maximum atomic E-state index is 11.4. The molecule has 3 rings (SSSR count). The Bertz CT molecular complexity index is 682. The number of carbonyl (C=O) groups is 1. The number of rotatable bonds is 3. The lowest BCUT2D eigenvalue weighted by Crippen LogP contribution is -2.43. The number of benzene rings is 2. The molecule has 1 heterocycles. The fourth-order valence-corrected chi connectivity index (χ4v) is 3.57. The maximum absolute atomic E-state index is 11.4. The van der Waals surface area contributed by atoms with Crippen molar-refractivity contribution in [1.82, 2.24) is 4.90 Å². The number of nitrogens with zero attached hydrogens (tertiary/aromatic N) is 1. The molecular formula is C19H23NO2. The van der Waals surface area contributed by atoms with Crippen molar-refractivity contribution in [2.24, 2.45) is 11.8 Å². The maximum Gasteiger partial charge on any atom is 0.307 e. The summed E-state index contributed by atoms with van der Waals surface area (Å²) in [6, 6.07) is 15.2. The molecule has 0 amide bonds. The smallest absolute Gasteiger partial charge is 0.307 e. The second-order valence-electron chi connectivity index (χ2n) is 6.61. The van der Waals surface area contributed by atoms with Crippen LogP contribution in [0, 0.1) is 11.8 Å². The van der Waals surface area contributed by atoms with E-state index < -0.39 is 5.97 Å². The molecule has 3 heteroatoms. The number of fused-ring (bicyclic) bond motifs is 1. The van der Waals surface area contributed by atoms with Crippen LogP contribution in [0.15, 0.2) is 42.5 Å². The summed E-state index contributed by atoms with van der Waals surface area (Å²) in [5.74, 6) is -0.480. The third kappa shape index (κ3) is 3.00. The van der Waals surface area contributed by atoms with Crippen molar-refractivity contribution in [3.05, 3.63) is 48.0 Å². The van der Waals surface area contributed by atoms with Gasteiger partial charge in [0.05, 0.1) is 5.92 Å². The summed E-state index contributed by atoms with van der Waals surface area (Å²) in [5, 5.41) is 11.8. The highest BCUT2D eigenvalue weighted by molar-refractivity contribution is 5.83. The molecule has 1 aliphatic rings. The summed E-state index contributed by atoms with van der Waals surface area (Å²) in [5.41, 5.74) is 1.26. The van der Waals surface area contributed by atoms with Crippen molar-refractivity contribution in [2.45, 2.75) is 26.3 Å². The summed E-state index contributed by atoms with van der Waals surface area (Å²) < 4.78 is 0. The van der Waals surface area contributed by atoms with Gasteiger partial charge in [0.25, 0.3) is 0 Å². The third-order valence-electron chi connectivity index (χ3n) is 4.84. The number of piperidine rings is 1. The van der Waals surface area contributed by atoms with Gasteiger partial charge in [0, 0.05) is 19.1 Å². The molecule has 0 radical (unpaired) electrons. The van der Waals surface area contributed by atoms with E-state index in [1.54, 1.807) is 0 Å². The molecule has 1 fully saturated rings. The first-order valence-corrected chi connectivity index (χ1v) is 8.00. The van der Waals surface area contributed by atoms with Crippen LogP contribution >= 0.6 is 0 Å². The van der Waals surface area contributed by atoms with Crippen LogP contribution in [-0.2, 0) is 4.79 Å². The van der Waals surface area contributed by atoms with Crippen LogP contribution in [-0.4, -0.2) is 29.1 Å². The lowest BCUT2D eigenvalue weighted by molar-refractivity contribution is -0.144. The predicted octanol–water partition coefficient (Wildman–Crippen LogP) is 3.94. The van der Waals surface area contributed by atoms with Crippen LogP contribution in [0.25, 0.3) is 10.8 Å². The largest absolute Gasteiger partial charge is 0.481 e. The molecule has 0 saturated carbocycles. The first-order chi connectivity index (χ1) is 10.5. The van der Waals surface area contributed by atoms with Gasteiger partial charge in [0.1, 0.15) is 0 Å². The van der Waals surface area contributed by atoms with Crippen molar-refractivity contribution in [1.29, 1.82) is 0 Å². The zero-order valence-electron chi connectivity index (χ0n) is 13.2. The predicted molar refractivity (Wildman–Crippen MR) is 88.8 cm³/mol. The molecular weight excluding hydrogens is 274 g/mol. The van der Waals surface area contributed by atoms with E-state index in [1.807, 2.05) is 0 Å². The van der Waals surface area contributed by atoms with Crippen LogP contribution in [0.5, 0.6) is 0 Å². The Morgan fingerprint density at radius 3 is 2.64 bits per heavy atom. The first-order valence-electron chi connectivity index (χ1n) is 8.00. The third-order valence-corrected chi connectivity index (χ3v) is 4.84. The van der Waals surface area contributed by atoms with Gasteiger partial charge in [0.15, 0.2) is 0 Å². The monoisotopic (exact) mass is 297 g/mol. The van der Waals surface area contributed by atoms with Gasteiger partial charge in [-0.3, -0.25) is 9.69 Å². The van der Waals surface area contributed by atoms with Gasteiger partial charge < -0.3 is 5.11 Å². The van der Waals surface area contributed by atoms with E-state index in [1.165, 1.54) is 16.3 Å². The van der Waals surface area contributed by atoms with Gasteiger partial charge in [-0.2, -0.15) is 0 Å². The molecule has 22 heavy (non-hydrogen) atoms. The highest BCUT2D eigenvalue weighted by Crippen LogP contribution is 2.30. The molecule has 2 aromatic carbocycles. The van der Waals surface area contributed by atoms with Gasteiger partial charge in [-0.1, -0.05) is 43.3 Å². The Hall–Kier alpha value is -1.87. The average Bonchev–Trinajstić information content (AvgIpc) is 2.53. The second-order valence-corrected chi connectivity index (χ2v) is 6.61. The Balaban J connectivity index is 1.84. The summed E-state index contributed by atoms with van der Waals surface area (Å²) in [7, 11) is 0. The van der Waals surface area contributed by atoms with Gasteiger partial charge in [-0.25, -0.2) is 0 Å². The molecule has 3 atom stereocenters. The fraction of sp³-hybridized carbons (Fsp3) is 0.421. The van der Waals surface area contributed by atoms with Gasteiger partial charge >= 0.3 is 5.97 Å².